The first kappa shape index (κ1) is 20.7. The maximum atomic E-state index is 12.2. The average molecular weight is 414 g/mol. The van der Waals surface area contributed by atoms with Crippen LogP contribution in [0.4, 0.5) is 5.69 Å². The van der Waals surface area contributed by atoms with Crippen molar-refractivity contribution in [3.63, 3.8) is 0 Å². The molecule has 2 rings (SSSR count). The number of para-hydroxylation sites is 1. The molecule has 0 saturated carbocycles. The molecule has 140 valence electrons. The van der Waals surface area contributed by atoms with Crippen LogP contribution in [0.25, 0.3) is 0 Å². The topological polar surface area (TPSA) is 61.4 Å². The zero-order valence-corrected chi connectivity index (χ0v) is 16.9. The number of anilines is 1. The van der Waals surface area contributed by atoms with Crippen LogP contribution in [0.5, 0.6) is 0 Å². The van der Waals surface area contributed by atoms with E-state index in [0.717, 1.165) is 6.42 Å². The lowest BCUT2D eigenvalue weighted by atomic mass is 10.2. The van der Waals surface area contributed by atoms with Gasteiger partial charge in [0.1, 0.15) is 0 Å². The predicted octanol–water partition coefficient (Wildman–Crippen LogP) is 3.67. The zero-order chi connectivity index (χ0) is 19.1. The molecular formula is C18H21Cl2N3O2S. The molecule has 0 bridgehead atoms. The molecule has 8 heteroatoms. The Morgan fingerprint density at radius 1 is 1.19 bits per heavy atom. The smallest absolute Gasteiger partial charge is 0.238 e. The van der Waals surface area contributed by atoms with Crippen molar-refractivity contribution in [1.82, 2.24) is 10.2 Å². The molecule has 0 spiro atoms. The second kappa shape index (κ2) is 9.92. The standard InChI is InChI=1S/C18H21Cl2N3O2S/c1-12(18(25)21-9-8-13-5-4-10-26-13)23(2)11-16(24)22-17-14(19)6-3-7-15(17)20/h3-7,10,12H,8-9,11H2,1-2H3,(H,21,25)(H,22,24)/t12-/m1/s1. The molecule has 0 aliphatic carbocycles. The molecule has 1 aromatic heterocycles. The third-order valence-corrected chi connectivity index (χ3v) is 5.48. The summed E-state index contributed by atoms with van der Waals surface area (Å²) in [6.45, 7) is 2.37. The minimum absolute atomic E-state index is 0.0427. The molecule has 1 atom stereocenters. The normalized spacial score (nSPS) is 12.0. The molecule has 0 saturated heterocycles. The number of likely N-dealkylation sites (N-methyl/N-ethyl adjacent to an activating group) is 1. The third-order valence-electron chi connectivity index (χ3n) is 3.91. The molecule has 1 aromatic carbocycles. The highest BCUT2D eigenvalue weighted by Crippen LogP contribution is 2.29. The van der Waals surface area contributed by atoms with Crippen LogP contribution in [0.15, 0.2) is 35.7 Å². The van der Waals surface area contributed by atoms with Crippen molar-refractivity contribution in [2.24, 2.45) is 0 Å². The second-order valence-corrected chi connectivity index (χ2v) is 7.70. The maximum Gasteiger partial charge on any atom is 0.238 e. The fourth-order valence-corrected chi connectivity index (χ4v) is 3.47. The van der Waals surface area contributed by atoms with Crippen molar-refractivity contribution in [3.8, 4) is 0 Å². The van der Waals surface area contributed by atoms with Crippen molar-refractivity contribution in [1.29, 1.82) is 0 Å². The van der Waals surface area contributed by atoms with E-state index in [-0.39, 0.29) is 18.4 Å². The Labute approximate surface area is 167 Å². The highest BCUT2D eigenvalue weighted by molar-refractivity contribution is 7.09. The van der Waals surface area contributed by atoms with Gasteiger partial charge in [0.25, 0.3) is 0 Å². The minimum atomic E-state index is -0.439. The summed E-state index contributed by atoms with van der Waals surface area (Å²) in [5.41, 5.74) is 0.377. The summed E-state index contributed by atoms with van der Waals surface area (Å²) in [4.78, 5) is 27.4. The Morgan fingerprint density at radius 3 is 2.50 bits per heavy atom. The van der Waals surface area contributed by atoms with Crippen molar-refractivity contribution < 1.29 is 9.59 Å². The first-order valence-electron chi connectivity index (χ1n) is 8.12. The Hall–Kier alpha value is -1.60. The predicted molar refractivity (Wildman–Crippen MR) is 108 cm³/mol. The third kappa shape index (κ3) is 5.99. The summed E-state index contributed by atoms with van der Waals surface area (Å²) in [5.74, 6) is -0.409. The molecule has 2 amide bonds. The van der Waals surface area contributed by atoms with Crippen molar-refractivity contribution in [2.45, 2.75) is 19.4 Å². The van der Waals surface area contributed by atoms with Gasteiger partial charge in [-0.25, -0.2) is 0 Å². The Balaban J connectivity index is 1.80. The fraction of sp³-hybridized carbons (Fsp3) is 0.333. The lowest BCUT2D eigenvalue weighted by Gasteiger charge is -2.23. The second-order valence-electron chi connectivity index (χ2n) is 5.86. The van der Waals surface area contributed by atoms with Gasteiger partial charge in [-0.15, -0.1) is 11.3 Å². The molecule has 0 fully saturated rings. The summed E-state index contributed by atoms with van der Waals surface area (Å²) in [6, 6.07) is 8.59. The van der Waals surface area contributed by atoms with E-state index in [4.69, 9.17) is 23.2 Å². The average Bonchev–Trinajstić information content (AvgIpc) is 3.10. The van der Waals surface area contributed by atoms with Gasteiger partial charge in [-0.05, 0) is 44.0 Å². The van der Waals surface area contributed by atoms with Gasteiger partial charge < -0.3 is 10.6 Å². The number of hydrogen-bond acceptors (Lipinski definition) is 4. The van der Waals surface area contributed by atoms with Crippen LogP contribution < -0.4 is 10.6 Å². The van der Waals surface area contributed by atoms with E-state index >= 15 is 0 Å². The molecule has 1 heterocycles. The molecule has 5 nitrogen and oxygen atoms in total. The largest absolute Gasteiger partial charge is 0.354 e. The number of amides is 2. The first-order chi connectivity index (χ1) is 12.4. The molecule has 2 aromatic rings. The van der Waals surface area contributed by atoms with Gasteiger partial charge in [-0.1, -0.05) is 35.3 Å². The van der Waals surface area contributed by atoms with Gasteiger partial charge >= 0.3 is 0 Å². The Bertz CT molecular complexity index is 733. The number of nitrogens with one attached hydrogen (secondary N) is 2. The summed E-state index contributed by atoms with van der Waals surface area (Å²) in [7, 11) is 1.72. The summed E-state index contributed by atoms with van der Waals surface area (Å²) in [6.07, 6.45) is 0.797. The van der Waals surface area contributed by atoms with E-state index in [9.17, 15) is 9.59 Å². The lowest BCUT2D eigenvalue weighted by Crippen LogP contribution is -2.46. The quantitative estimate of drug-likeness (QED) is 0.693. The number of carbonyl (C=O) groups is 2. The number of carbonyl (C=O) groups excluding carboxylic acids is 2. The highest BCUT2D eigenvalue weighted by atomic mass is 35.5. The monoisotopic (exact) mass is 413 g/mol. The van der Waals surface area contributed by atoms with E-state index in [0.29, 0.717) is 22.3 Å². The van der Waals surface area contributed by atoms with Crippen LogP contribution in [0, 0.1) is 0 Å². The Morgan fingerprint density at radius 2 is 1.88 bits per heavy atom. The van der Waals surface area contributed by atoms with Crippen LogP contribution in [-0.4, -0.2) is 42.9 Å². The van der Waals surface area contributed by atoms with E-state index in [1.807, 2.05) is 17.5 Å². The molecule has 26 heavy (non-hydrogen) atoms. The number of thiophene rings is 1. The number of nitrogens with zero attached hydrogens (tertiary/aromatic N) is 1. The number of hydrogen-bond donors (Lipinski definition) is 2. The van der Waals surface area contributed by atoms with Gasteiger partial charge in [0, 0.05) is 11.4 Å². The summed E-state index contributed by atoms with van der Waals surface area (Å²) >= 11 is 13.8. The molecule has 0 unspecified atom stereocenters. The van der Waals surface area contributed by atoms with E-state index in [2.05, 4.69) is 10.6 Å². The molecular weight excluding hydrogens is 393 g/mol. The SMILES string of the molecule is C[C@H](C(=O)NCCc1cccs1)N(C)CC(=O)Nc1c(Cl)cccc1Cl. The van der Waals surface area contributed by atoms with Gasteiger partial charge in [0.15, 0.2) is 0 Å². The lowest BCUT2D eigenvalue weighted by molar-refractivity contribution is -0.126. The zero-order valence-electron chi connectivity index (χ0n) is 14.6. The number of rotatable bonds is 8. The van der Waals surface area contributed by atoms with Crippen LogP contribution >= 0.6 is 34.5 Å². The van der Waals surface area contributed by atoms with Crippen molar-refractivity contribution >= 4 is 52.0 Å². The number of benzene rings is 1. The van der Waals surface area contributed by atoms with Crippen LogP contribution in [-0.2, 0) is 16.0 Å². The first-order valence-corrected chi connectivity index (χ1v) is 9.76. The minimum Gasteiger partial charge on any atom is -0.354 e. The molecule has 0 aliphatic heterocycles. The van der Waals surface area contributed by atoms with Gasteiger partial charge in [0.05, 0.1) is 28.3 Å². The van der Waals surface area contributed by atoms with Crippen LogP contribution in [0.2, 0.25) is 10.0 Å². The van der Waals surface area contributed by atoms with Crippen LogP contribution in [0.1, 0.15) is 11.8 Å². The van der Waals surface area contributed by atoms with Gasteiger partial charge in [0.2, 0.25) is 11.8 Å². The maximum absolute atomic E-state index is 12.2. The Kier molecular flexibility index (Phi) is 7.90. The van der Waals surface area contributed by atoms with Crippen LogP contribution in [0.3, 0.4) is 0 Å². The van der Waals surface area contributed by atoms with Crippen molar-refractivity contribution in [3.05, 3.63) is 50.6 Å². The van der Waals surface area contributed by atoms with Gasteiger partial charge in [-0.2, -0.15) is 0 Å². The molecule has 2 N–H and O–H groups in total. The fourth-order valence-electron chi connectivity index (χ4n) is 2.27. The molecule has 0 aliphatic rings. The summed E-state index contributed by atoms with van der Waals surface area (Å²) in [5, 5.41) is 8.33. The van der Waals surface area contributed by atoms with E-state index < -0.39 is 6.04 Å². The van der Waals surface area contributed by atoms with Crippen molar-refractivity contribution in [2.75, 3.05) is 25.5 Å². The van der Waals surface area contributed by atoms with E-state index in [1.165, 1.54) is 4.88 Å². The van der Waals surface area contributed by atoms with Gasteiger partial charge in [-0.3, -0.25) is 14.5 Å². The van der Waals surface area contributed by atoms with E-state index in [1.54, 1.807) is 48.4 Å². The summed E-state index contributed by atoms with van der Waals surface area (Å²) < 4.78 is 0. The molecule has 0 radical (unpaired) electrons. The highest BCUT2D eigenvalue weighted by Gasteiger charge is 2.20. The number of halogens is 2.